The highest BCUT2D eigenvalue weighted by molar-refractivity contribution is 6.21. The number of hydrogen-bond donors (Lipinski definition) is 2. The molecule has 2 atom stereocenters. The van der Waals surface area contributed by atoms with Crippen molar-refractivity contribution in [2.45, 2.75) is 219 Å². The molecular weight excluding hydrogens is 897 g/mol. The van der Waals surface area contributed by atoms with Gasteiger partial charge in [-0.15, -0.1) is 0 Å². The Morgan fingerprint density at radius 1 is 0.486 bits per heavy atom. The van der Waals surface area contributed by atoms with E-state index in [1.165, 1.54) is 152 Å². The van der Waals surface area contributed by atoms with Crippen LogP contribution in [0.4, 0.5) is 0 Å². The summed E-state index contributed by atoms with van der Waals surface area (Å²) in [5.74, 6) is -1.50. The zero-order valence-corrected chi connectivity index (χ0v) is 45.5. The van der Waals surface area contributed by atoms with Gasteiger partial charge < -0.3 is 20.0 Å². The molecule has 1 aromatic carbocycles. The fourth-order valence-corrected chi connectivity index (χ4v) is 9.96. The monoisotopic (exact) mass is 997 g/mol. The van der Waals surface area contributed by atoms with Crippen LogP contribution in [0.25, 0.3) is 0 Å². The number of benzene rings is 1. The van der Waals surface area contributed by atoms with Crippen molar-refractivity contribution < 1.29 is 29.4 Å². The second-order valence-electron chi connectivity index (χ2n) is 20.7. The third kappa shape index (κ3) is 26.8. The highest BCUT2D eigenvalue weighted by Gasteiger charge is 2.36. The lowest BCUT2D eigenvalue weighted by Crippen LogP contribution is -2.44. The maximum absolute atomic E-state index is 13.1. The normalized spacial score (nSPS) is 15.0. The molecule has 2 N–H and O–H groups in total. The van der Waals surface area contributed by atoms with Crippen molar-refractivity contribution in [2.24, 2.45) is 0 Å². The van der Waals surface area contributed by atoms with Crippen LogP contribution in [0.2, 0.25) is 0 Å². The van der Waals surface area contributed by atoms with E-state index >= 15 is 0 Å². The van der Waals surface area contributed by atoms with E-state index in [-0.39, 0.29) is 24.9 Å². The van der Waals surface area contributed by atoms with Crippen LogP contribution in [-0.4, -0.2) is 118 Å². The number of β-amino-alcohol motifs (C(OH)–C–C–N with tert-alkyl or cyclic N) is 2. The number of imide groups is 2. The minimum atomic E-state index is -0.886. The molecule has 0 bridgehead atoms. The van der Waals surface area contributed by atoms with Crippen molar-refractivity contribution in [3.05, 3.63) is 96.2 Å². The van der Waals surface area contributed by atoms with E-state index < -0.39 is 24.0 Å². The molecule has 2 unspecified atom stereocenters. The molecule has 404 valence electrons. The molecule has 0 radical (unpaired) electrons. The lowest BCUT2D eigenvalue weighted by atomic mass is 10.1. The van der Waals surface area contributed by atoms with Crippen molar-refractivity contribution in [3.63, 3.8) is 0 Å². The van der Waals surface area contributed by atoms with E-state index in [9.17, 15) is 29.4 Å². The number of carbonyl (C=O) groups excluding carboxylic acids is 4. The molecule has 0 spiro atoms. The van der Waals surface area contributed by atoms with Crippen molar-refractivity contribution in [3.8, 4) is 0 Å². The number of aliphatic hydroxyl groups excluding tert-OH is 2. The Labute approximate surface area is 438 Å². The maximum Gasteiger partial charge on any atom is 0.261 e. The van der Waals surface area contributed by atoms with Gasteiger partial charge in [0, 0.05) is 24.7 Å². The number of aliphatic hydroxyl groups is 2. The molecular formula is C62H100N4O6. The van der Waals surface area contributed by atoms with E-state index in [0.717, 1.165) is 82.4 Å². The average Bonchev–Trinajstić information content (AvgIpc) is 3.78. The third-order valence-corrected chi connectivity index (χ3v) is 14.2. The van der Waals surface area contributed by atoms with Crippen LogP contribution < -0.4 is 0 Å². The second kappa shape index (κ2) is 40.4. The highest BCUT2D eigenvalue weighted by atomic mass is 16.3. The van der Waals surface area contributed by atoms with Gasteiger partial charge in [-0.1, -0.05) is 185 Å². The number of allylic oxidation sites excluding steroid dienone is 6. The van der Waals surface area contributed by atoms with Gasteiger partial charge >= 0.3 is 0 Å². The summed E-state index contributed by atoms with van der Waals surface area (Å²) in [5.41, 5.74) is 1.08. The first kappa shape index (κ1) is 62.3. The van der Waals surface area contributed by atoms with Crippen molar-refractivity contribution >= 4 is 23.6 Å². The first-order valence-corrected chi connectivity index (χ1v) is 29.1. The van der Waals surface area contributed by atoms with Gasteiger partial charge in [-0.2, -0.15) is 0 Å². The molecule has 10 heteroatoms. The van der Waals surface area contributed by atoms with Crippen LogP contribution in [0.15, 0.2) is 85.0 Å². The van der Waals surface area contributed by atoms with Crippen molar-refractivity contribution in [2.75, 3.05) is 52.4 Å². The lowest BCUT2D eigenvalue weighted by Gasteiger charge is -2.29. The number of hydrogen-bond acceptors (Lipinski definition) is 8. The summed E-state index contributed by atoms with van der Waals surface area (Å²) >= 11 is 0. The Balaban J connectivity index is 1.49. The fraction of sp³-hybridized carbons (Fsp3) is 0.677. The molecule has 0 saturated carbocycles. The van der Waals surface area contributed by atoms with Gasteiger partial charge in [0.2, 0.25) is 0 Å². The van der Waals surface area contributed by atoms with Crippen LogP contribution in [0.1, 0.15) is 227 Å². The van der Waals surface area contributed by atoms with Crippen LogP contribution in [0, 0.1) is 0 Å². The molecule has 0 aliphatic carbocycles. The smallest absolute Gasteiger partial charge is 0.261 e. The van der Waals surface area contributed by atoms with E-state index in [4.69, 9.17) is 0 Å². The van der Waals surface area contributed by atoms with Gasteiger partial charge in [0.25, 0.3) is 23.6 Å². The summed E-state index contributed by atoms with van der Waals surface area (Å²) in [7, 11) is 0. The number of fused-ring (bicyclic) bond motifs is 1. The highest BCUT2D eigenvalue weighted by Crippen LogP contribution is 2.23. The quantitative estimate of drug-likeness (QED) is 0.0287. The standard InChI is InChI=1S/C62H100N4O6/c1-4-7-10-12-14-16-18-20-22-24-26-28-30-32-34-38-45-63(50-55(67)52-65-59(69)49-54(60(65)70)42-9-6-3)47-40-41-48-64(51-56(68)53-66-61(71)57-43-36-37-44-58(57)62(66)72)46-39-35-33-31-29-27-25-23-21-19-17-15-13-11-8-5-2/h6,9,20-23,36-37,42-44,49,55-56,67-68H,3-5,7-8,10-19,24-35,38-41,45-48,50-53H2,1-2H3. The van der Waals surface area contributed by atoms with Crippen molar-refractivity contribution in [1.29, 1.82) is 0 Å². The molecule has 0 saturated heterocycles. The zero-order valence-electron chi connectivity index (χ0n) is 45.5. The Morgan fingerprint density at radius 3 is 1.22 bits per heavy atom. The third-order valence-electron chi connectivity index (χ3n) is 14.2. The van der Waals surface area contributed by atoms with E-state index in [0.29, 0.717) is 29.8 Å². The molecule has 2 aliphatic heterocycles. The van der Waals surface area contributed by atoms with Gasteiger partial charge in [-0.05, 0) is 121 Å². The van der Waals surface area contributed by atoms with Crippen LogP contribution in [0.5, 0.6) is 0 Å². The van der Waals surface area contributed by atoms with Gasteiger partial charge in [-0.25, -0.2) is 0 Å². The largest absolute Gasteiger partial charge is 0.390 e. The number of rotatable bonds is 47. The summed E-state index contributed by atoms with van der Waals surface area (Å²) in [6.45, 7) is 12.0. The minimum Gasteiger partial charge on any atom is -0.390 e. The van der Waals surface area contributed by atoms with E-state index in [1.54, 1.807) is 42.5 Å². The van der Waals surface area contributed by atoms with Crippen LogP contribution >= 0.6 is 0 Å². The first-order chi connectivity index (χ1) is 35.2. The van der Waals surface area contributed by atoms with Crippen molar-refractivity contribution in [1.82, 2.24) is 19.6 Å². The van der Waals surface area contributed by atoms with Gasteiger partial charge in [0.1, 0.15) is 0 Å². The Morgan fingerprint density at radius 2 is 0.833 bits per heavy atom. The number of amides is 4. The zero-order chi connectivity index (χ0) is 51.9. The van der Waals surface area contributed by atoms with Gasteiger partial charge in [0.15, 0.2) is 0 Å². The molecule has 0 fully saturated rings. The Bertz CT molecular complexity index is 1750. The molecule has 2 aliphatic rings. The predicted molar refractivity (Wildman–Crippen MR) is 299 cm³/mol. The van der Waals surface area contributed by atoms with Gasteiger partial charge in [0.05, 0.1) is 36.4 Å². The Kier molecular flexibility index (Phi) is 35.0. The average molecular weight is 998 g/mol. The molecule has 2 heterocycles. The summed E-state index contributed by atoms with van der Waals surface area (Å²) in [4.78, 5) is 58.9. The summed E-state index contributed by atoms with van der Waals surface area (Å²) < 4.78 is 0. The van der Waals surface area contributed by atoms with Gasteiger partial charge in [-0.3, -0.25) is 29.0 Å². The van der Waals surface area contributed by atoms with Crippen LogP contribution in [-0.2, 0) is 9.59 Å². The Hall–Kier alpha value is -3.96. The minimum absolute atomic E-state index is 0.0398. The molecule has 0 aromatic heterocycles. The summed E-state index contributed by atoms with van der Waals surface area (Å²) in [6.07, 6.45) is 50.3. The molecule has 1 aromatic rings. The molecule has 72 heavy (non-hydrogen) atoms. The number of unbranched alkanes of at least 4 members (excludes halogenated alkanes) is 25. The predicted octanol–water partition coefficient (Wildman–Crippen LogP) is 13.5. The SMILES string of the molecule is C=CC=CC1=CC(=O)N(CC(O)CN(CCCCCCCCC=CCCCCCCCC)CCCCN(CCCCCCCCC=CCCCCCCCC)CC(O)CN2C(=O)c3ccccc3C2=O)C1=O. The number of nitrogens with zero attached hydrogens (tertiary/aromatic N) is 4. The maximum atomic E-state index is 13.1. The molecule has 3 rings (SSSR count). The number of carbonyl (C=O) groups is 4. The molecule has 10 nitrogen and oxygen atoms in total. The topological polar surface area (TPSA) is 122 Å². The summed E-state index contributed by atoms with van der Waals surface area (Å²) in [5, 5.41) is 22.7. The fourth-order valence-electron chi connectivity index (χ4n) is 9.96. The van der Waals surface area contributed by atoms with E-state index in [1.807, 2.05) is 0 Å². The first-order valence-electron chi connectivity index (χ1n) is 29.1. The van der Waals surface area contributed by atoms with Crippen LogP contribution in [0.3, 0.4) is 0 Å². The van der Waals surface area contributed by atoms with E-state index in [2.05, 4.69) is 54.5 Å². The second-order valence-corrected chi connectivity index (χ2v) is 20.7. The molecule has 4 amide bonds. The lowest BCUT2D eigenvalue weighted by molar-refractivity contribution is -0.138. The summed E-state index contributed by atoms with van der Waals surface area (Å²) in [6, 6.07) is 6.86.